The van der Waals surface area contributed by atoms with Gasteiger partial charge in [0, 0.05) is 149 Å². The fourth-order valence-electron chi connectivity index (χ4n) is 15.7. The number of nitrogens with zero attached hydrogens (tertiary/aromatic N) is 12. The second-order valence-corrected chi connectivity index (χ2v) is 33.4. The number of β-amino-alcohol motifs (C(OH)–C–C–N with tert-alkyl or cyclic N) is 1. The lowest BCUT2D eigenvalue weighted by molar-refractivity contribution is 0.0557. The maximum atomic E-state index is 13.0. The van der Waals surface area contributed by atoms with Crippen LogP contribution < -0.4 is 39.6 Å². The van der Waals surface area contributed by atoms with E-state index >= 15 is 0 Å². The number of benzene rings is 8. The Labute approximate surface area is 783 Å². The van der Waals surface area contributed by atoms with Crippen molar-refractivity contribution in [1.29, 1.82) is 0 Å². The molecule has 1 aliphatic heterocycles. The number of halogens is 4. The molecule has 4 unspecified atom stereocenters. The van der Waals surface area contributed by atoms with Gasteiger partial charge in [-0.1, -0.05) is 186 Å². The van der Waals surface area contributed by atoms with Gasteiger partial charge in [0.1, 0.15) is 23.3 Å². The van der Waals surface area contributed by atoms with E-state index < -0.39 is 24.4 Å². The number of nitrogens with one attached hydrogen (secondary N) is 1. The quantitative estimate of drug-likeness (QED) is 0.0254. The molecule has 0 spiro atoms. The van der Waals surface area contributed by atoms with Gasteiger partial charge in [0.25, 0.3) is 22.6 Å². The topological polar surface area (TPSA) is 378 Å². The van der Waals surface area contributed by atoms with Gasteiger partial charge in [-0.3, -0.25) is 24.3 Å². The smallest absolute Gasteiger partial charge is 0.290 e. The first kappa shape index (κ1) is 96.5. The van der Waals surface area contributed by atoms with Gasteiger partial charge in [-0.2, -0.15) is 9.48 Å². The normalized spacial score (nSPS) is 12.7. The van der Waals surface area contributed by atoms with E-state index in [0.717, 1.165) is 112 Å². The molecule has 8 aromatic carbocycles. The van der Waals surface area contributed by atoms with Gasteiger partial charge in [0.05, 0.1) is 93.5 Å². The third-order valence-electron chi connectivity index (χ3n) is 23.0. The second-order valence-electron chi connectivity index (χ2n) is 31.7. The summed E-state index contributed by atoms with van der Waals surface area (Å²) >= 11 is 24.7. The number of H-pyrrole nitrogens is 1. The van der Waals surface area contributed by atoms with Crippen molar-refractivity contribution in [2.24, 2.45) is 0 Å². The third kappa shape index (κ3) is 23.1. The number of aromatic amines is 1. The van der Waals surface area contributed by atoms with E-state index in [1.54, 1.807) is 109 Å². The number of carbonyl (C=O) groups excluding carboxylic acids is 1. The van der Waals surface area contributed by atoms with Gasteiger partial charge in [-0.05, 0) is 167 Å². The molecule has 132 heavy (non-hydrogen) atoms. The maximum Gasteiger partial charge on any atom is 0.290 e. The molecule has 7 aromatic heterocycles. The summed E-state index contributed by atoms with van der Waals surface area (Å²) in [7, 11) is 0. The third-order valence-corrected chi connectivity index (χ3v) is 23.9. The highest BCUT2D eigenvalue weighted by Gasteiger charge is 2.31. The Kier molecular flexibility index (Phi) is 32.4. The second kappa shape index (κ2) is 44.3. The summed E-state index contributed by atoms with van der Waals surface area (Å²) < 4.78 is 15.4. The largest absolute Gasteiger partial charge is 0.390 e. The summed E-state index contributed by atoms with van der Waals surface area (Å²) in [6.45, 7) is 26.1. The van der Waals surface area contributed by atoms with Crippen molar-refractivity contribution < 1.29 is 34.3 Å². The Morgan fingerprint density at radius 1 is 0.394 bits per heavy atom. The standard InChI is InChI=1S/C26H27ClN4O2.C25H26ClN5O2.2C25H25ClN4O3/c1-3-30(4-2)14-20(32)15-31-16-24-17(6-5-7-22(24)26(31)33)9-11-21-23-12-19(27)10-8-18(23)13-29-25(21)28;1-3-30(4-2)14-19(32)15-31-25(33)21-10-6-16(11-23(21)29-31)5-9-20-22-12-18(26)8-7-17(22)13-28-24(20)27;1-3-29(4-2)14-19(31)15-30-25(32)21-10-6-16(11-23(21)33-30)5-9-20-22-12-18(26)8-7-17(22)13-28-24(20)27;1-3-29(4-2)14-19(31)15-30-25(32)21-7-5-6-16(23(21)33-30)9-11-20-22-12-18(26)10-8-17(22)13-28-24(20)27/h5-8,10,12-13,20,32H,3-4,14-16H2,1-2H3,(H2,28,29);6-8,10-13,19,29,32H,3-4,14-15H2,1-2H3,(H2,27,28);6-8,10-13,19,31H,3-4,14-15H2,1-2H3,(H2,27,28);5-8,10,12-13,19,31H,3-4,14-15H2,1-2H3,(H2,27,28). The summed E-state index contributed by atoms with van der Waals surface area (Å²) in [5.74, 6) is 26.1. The van der Waals surface area contributed by atoms with E-state index in [2.05, 4.69) is 106 Å². The molecule has 1 aliphatic rings. The molecule has 8 heterocycles. The van der Waals surface area contributed by atoms with Crippen molar-refractivity contribution >= 4 is 152 Å². The zero-order valence-electron chi connectivity index (χ0n) is 74.4. The van der Waals surface area contributed by atoms with Crippen LogP contribution in [0, 0.1) is 47.4 Å². The Morgan fingerprint density at radius 2 is 0.765 bits per heavy atom. The van der Waals surface area contributed by atoms with Crippen LogP contribution in [-0.2, 0) is 26.2 Å². The minimum atomic E-state index is -0.732. The van der Waals surface area contributed by atoms with E-state index in [-0.39, 0.29) is 48.8 Å². The first-order valence-corrected chi connectivity index (χ1v) is 45.1. The molecule has 0 saturated heterocycles. The summed E-state index contributed by atoms with van der Waals surface area (Å²) in [6.07, 6.45) is 4.06. The molecule has 0 aliphatic carbocycles. The molecule has 31 heteroatoms. The number of rotatable bonds is 24. The number of anilines is 4. The van der Waals surface area contributed by atoms with Crippen LogP contribution in [0.2, 0.25) is 20.1 Å². The van der Waals surface area contributed by atoms with Gasteiger partial charge < -0.3 is 76.9 Å². The molecule has 680 valence electrons. The molecule has 15 aromatic rings. The number of hydrogen-bond donors (Lipinski definition) is 9. The van der Waals surface area contributed by atoms with Crippen molar-refractivity contribution in [3.05, 3.63) is 277 Å². The number of fused-ring (bicyclic) bond motifs is 8. The maximum absolute atomic E-state index is 13.0. The van der Waals surface area contributed by atoms with Gasteiger partial charge in [-0.15, -0.1) is 0 Å². The zero-order valence-corrected chi connectivity index (χ0v) is 77.4. The van der Waals surface area contributed by atoms with Crippen molar-refractivity contribution in [2.75, 3.05) is 108 Å². The number of aliphatic hydroxyl groups is 4. The van der Waals surface area contributed by atoms with Gasteiger partial charge >= 0.3 is 0 Å². The number of hydrogen-bond acceptors (Lipinski definition) is 22. The van der Waals surface area contributed by atoms with Crippen molar-refractivity contribution in [3.8, 4) is 47.4 Å². The number of aliphatic hydroxyl groups excluding tert-OH is 4. The van der Waals surface area contributed by atoms with E-state index in [0.29, 0.717) is 148 Å². The predicted molar refractivity (Wildman–Crippen MR) is 528 cm³/mol. The molecule has 4 atom stereocenters. The van der Waals surface area contributed by atoms with Crippen LogP contribution in [0.4, 0.5) is 23.3 Å². The fraction of sp³-hybridized carbons (Fsp3) is 0.287. The minimum absolute atomic E-state index is 0.0651. The molecule has 0 saturated carbocycles. The van der Waals surface area contributed by atoms with Crippen LogP contribution in [0.3, 0.4) is 0 Å². The number of amides is 1. The number of carbonyl (C=O) groups is 1. The van der Waals surface area contributed by atoms with E-state index in [4.69, 9.17) is 78.4 Å². The number of nitrogen functional groups attached to an aromatic ring is 4. The van der Waals surface area contributed by atoms with Crippen LogP contribution in [0.5, 0.6) is 0 Å². The summed E-state index contributed by atoms with van der Waals surface area (Å²) in [5.41, 5.74) is 31.6. The Morgan fingerprint density at radius 3 is 1.20 bits per heavy atom. The van der Waals surface area contributed by atoms with Crippen LogP contribution in [0.1, 0.15) is 116 Å². The molecule has 27 nitrogen and oxygen atoms in total. The first-order valence-electron chi connectivity index (χ1n) is 43.6. The molecule has 0 radical (unpaired) electrons. The number of pyridine rings is 4. The molecule has 0 fully saturated rings. The highest BCUT2D eigenvalue weighted by molar-refractivity contribution is 6.32. The molecule has 0 bridgehead atoms. The minimum Gasteiger partial charge on any atom is -0.390 e. The highest BCUT2D eigenvalue weighted by Crippen LogP contribution is 2.32. The highest BCUT2D eigenvalue weighted by atomic mass is 35.5. The number of aromatic nitrogens is 8. The number of nitrogens with two attached hydrogens (primary N) is 4. The fourth-order valence-corrected chi connectivity index (χ4v) is 16.3. The predicted octanol–water partition coefficient (Wildman–Crippen LogP) is 13.7. The van der Waals surface area contributed by atoms with Crippen LogP contribution in [0.15, 0.2) is 194 Å². The first-order chi connectivity index (χ1) is 63.6. The van der Waals surface area contributed by atoms with Crippen molar-refractivity contribution in [2.45, 2.75) is 106 Å². The lowest BCUT2D eigenvalue weighted by Crippen LogP contribution is -2.40. The Hall–Kier alpha value is -13.0. The van der Waals surface area contributed by atoms with Crippen molar-refractivity contribution in [1.82, 2.24) is 63.7 Å². The van der Waals surface area contributed by atoms with Gasteiger partial charge in [0.15, 0.2) is 11.2 Å². The van der Waals surface area contributed by atoms with Crippen LogP contribution >= 0.6 is 46.4 Å². The lowest BCUT2D eigenvalue weighted by Gasteiger charge is -2.25. The molecule has 16 rings (SSSR count). The molecular formula is C101H103Cl4N17O10. The Balaban J connectivity index is 0.000000150. The number of para-hydroxylation sites is 1. The summed E-state index contributed by atoms with van der Waals surface area (Å²) in [4.78, 5) is 78.3. The Bertz CT molecular complexity index is 7010. The molecule has 1 amide bonds. The summed E-state index contributed by atoms with van der Waals surface area (Å²) in [6, 6.07) is 43.2. The van der Waals surface area contributed by atoms with Crippen LogP contribution in [0.25, 0.3) is 75.9 Å². The number of likely N-dealkylation sites (N-methyl/N-ethyl adjacent to an activating group) is 4. The average Bonchev–Trinajstić information content (AvgIpc) is 1.61. The van der Waals surface area contributed by atoms with E-state index in [9.17, 15) is 39.6 Å². The monoisotopic (exact) mass is 1850 g/mol. The van der Waals surface area contributed by atoms with Crippen molar-refractivity contribution in [3.63, 3.8) is 0 Å². The van der Waals surface area contributed by atoms with E-state index in [1.165, 1.54) is 14.2 Å². The van der Waals surface area contributed by atoms with E-state index in [1.807, 2.05) is 108 Å². The molecule has 13 N–H and O–H groups in total. The van der Waals surface area contributed by atoms with Crippen LogP contribution in [-0.4, -0.2) is 200 Å². The SMILES string of the molecule is CCN(CC)CC(O)CN1Cc2c(C#Cc3c(N)ncc4ccc(Cl)cc34)cccc2C1=O.CCN(CC)CC(O)Cn1[nH]c2cc(C#Cc3c(N)ncc4ccc(Cl)cc34)ccc2c1=O.CCN(CC)CC(O)Cn1oc2c(C#Cc3c(N)ncc4ccc(Cl)cc34)cccc2c1=O.CCN(CC)CC(O)Cn1oc2cc(C#Cc3c(N)ncc4ccc(Cl)cc34)ccc2c1=O. The van der Waals surface area contributed by atoms with Gasteiger partial charge in [0.2, 0.25) is 0 Å². The zero-order chi connectivity index (χ0) is 94.1. The summed E-state index contributed by atoms with van der Waals surface area (Å²) in [5, 5.41) is 55.4. The lowest BCUT2D eigenvalue weighted by atomic mass is 10.0. The average molecular weight is 1860 g/mol. The molecular weight excluding hydrogens is 1750 g/mol. The van der Waals surface area contributed by atoms with Gasteiger partial charge in [-0.25, -0.2) is 24.6 Å².